The van der Waals surface area contributed by atoms with E-state index in [9.17, 15) is 28.1 Å². The van der Waals surface area contributed by atoms with Gasteiger partial charge in [-0.15, -0.1) is 0 Å². The molecule has 1 aromatic heterocycles. The summed E-state index contributed by atoms with van der Waals surface area (Å²) >= 11 is 0. The first-order chi connectivity index (χ1) is 9.70. The number of rotatable bonds is 3. The molecular formula is C11H6F3N3O4. The maximum atomic E-state index is 12.5. The summed E-state index contributed by atoms with van der Waals surface area (Å²) in [6.45, 7) is 0. The van der Waals surface area contributed by atoms with Gasteiger partial charge in [-0.25, -0.2) is 9.48 Å². The van der Waals surface area contributed by atoms with Crippen molar-refractivity contribution in [2.45, 2.75) is 6.18 Å². The van der Waals surface area contributed by atoms with Gasteiger partial charge >= 0.3 is 12.1 Å². The van der Waals surface area contributed by atoms with Crippen molar-refractivity contribution >= 4 is 11.7 Å². The van der Waals surface area contributed by atoms with Crippen LogP contribution < -0.4 is 0 Å². The number of carbonyl (C=O) groups is 1. The summed E-state index contributed by atoms with van der Waals surface area (Å²) in [6, 6.07) is 2.91. The topological polar surface area (TPSA) is 98.3 Å². The number of benzene rings is 1. The minimum atomic E-state index is -4.59. The van der Waals surface area contributed by atoms with Crippen molar-refractivity contribution in [2.24, 2.45) is 0 Å². The van der Waals surface area contributed by atoms with Gasteiger partial charge < -0.3 is 5.11 Å². The molecule has 1 N–H and O–H groups in total. The summed E-state index contributed by atoms with van der Waals surface area (Å²) in [5.41, 5.74) is -2.37. The van der Waals surface area contributed by atoms with Crippen LogP contribution in [0.4, 0.5) is 18.9 Å². The van der Waals surface area contributed by atoms with Gasteiger partial charge in [-0.3, -0.25) is 10.1 Å². The molecule has 0 atom stereocenters. The lowest BCUT2D eigenvalue weighted by Gasteiger charge is -2.04. The van der Waals surface area contributed by atoms with Gasteiger partial charge in [0, 0.05) is 12.3 Å². The highest BCUT2D eigenvalue weighted by molar-refractivity contribution is 5.92. The van der Waals surface area contributed by atoms with Crippen LogP contribution in [0.3, 0.4) is 0 Å². The molecule has 110 valence electrons. The van der Waals surface area contributed by atoms with Gasteiger partial charge in [0.15, 0.2) is 0 Å². The van der Waals surface area contributed by atoms with Gasteiger partial charge in [0.1, 0.15) is 5.56 Å². The Morgan fingerprint density at radius 1 is 1.38 bits per heavy atom. The van der Waals surface area contributed by atoms with Crippen molar-refractivity contribution in [3.8, 4) is 5.69 Å². The quantitative estimate of drug-likeness (QED) is 0.693. The zero-order valence-electron chi connectivity index (χ0n) is 10.0. The standard InChI is InChI=1S/C11H6F3N3O4/c12-11(13,14)6-4-15-16(5-6)7-1-2-8(10(18)19)9(3-7)17(20)21/h1-5H,(H,18,19). The first-order valence-electron chi connectivity index (χ1n) is 5.34. The number of hydrogen-bond acceptors (Lipinski definition) is 4. The summed E-state index contributed by atoms with van der Waals surface area (Å²) in [5.74, 6) is -1.51. The summed E-state index contributed by atoms with van der Waals surface area (Å²) < 4.78 is 38.1. The Morgan fingerprint density at radius 3 is 2.52 bits per heavy atom. The number of nitrogens with zero attached hydrogens (tertiary/aromatic N) is 3. The average Bonchev–Trinajstić information content (AvgIpc) is 2.87. The molecule has 0 saturated heterocycles. The molecule has 0 aliphatic carbocycles. The zero-order chi connectivity index (χ0) is 15.8. The smallest absolute Gasteiger partial charge is 0.419 e. The third-order valence-corrected chi connectivity index (χ3v) is 2.58. The van der Waals surface area contributed by atoms with Gasteiger partial charge in [0.05, 0.1) is 22.4 Å². The molecule has 0 bridgehead atoms. The molecule has 0 amide bonds. The van der Waals surface area contributed by atoms with Crippen LogP contribution >= 0.6 is 0 Å². The lowest BCUT2D eigenvalue weighted by molar-refractivity contribution is -0.385. The molecule has 1 aromatic carbocycles. The zero-order valence-corrected chi connectivity index (χ0v) is 10.0. The number of carboxylic acids is 1. The summed E-state index contributed by atoms with van der Waals surface area (Å²) in [7, 11) is 0. The van der Waals surface area contributed by atoms with Crippen molar-refractivity contribution in [1.29, 1.82) is 0 Å². The lowest BCUT2D eigenvalue weighted by Crippen LogP contribution is -2.05. The van der Waals surface area contributed by atoms with E-state index in [4.69, 9.17) is 5.11 Å². The first kappa shape index (κ1) is 14.5. The van der Waals surface area contributed by atoms with E-state index in [1.807, 2.05) is 0 Å². The van der Waals surface area contributed by atoms with Crippen LogP contribution in [-0.2, 0) is 6.18 Å². The Morgan fingerprint density at radius 2 is 2.05 bits per heavy atom. The molecule has 10 heteroatoms. The van der Waals surface area contributed by atoms with E-state index in [2.05, 4.69) is 5.10 Å². The van der Waals surface area contributed by atoms with Gasteiger partial charge in [-0.1, -0.05) is 0 Å². The van der Waals surface area contributed by atoms with Crippen molar-refractivity contribution in [1.82, 2.24) is 9.78 Å². The first-order valence-corrected chi connectivity index (χ1v) is 5.34. The Balaban J connectivity index is 2.51. The van der Waals surface area contributed by atoms with Crippen molar-refractivity contribution in [3.63, 3.8) is 0 Å². The maximum Gasteiger partial charge on any atom is 0.419 e. The van der Waals surface area contributed by atoms with Crippen molar-refractivity contribution < 1.29 is 28.0 Å². The predicted octanol–water partition coefficient (Wildman–Crippen LogP) is 2.50. The molecule has 2 aromatic rings. The molecule has 21 heavy (non-hydrogen) atoms. The van der Waals surface area contributed by atoms with Crippen molar-refractivity contribution in [3.05, 3.63) is 51.8 Å². The van der Waals surface area contributed by atoms with E-state index in [1.54, 1.807) is 0 Å². The number of nitro groups is 1. The largest absolute Gasteiger partial charge is 0.477 e. The van der Waals surface area contributed by atoms with E-state index in [0.29, 0.717) is 12.4 Å². The fourth-order valence-electron chi connectivity index (χ4n) is 1.60. The molecule has 0 aliphatic rings. The molecular weight excluding hydrogens is 295 g/mol. The summed E-state index contributed by atoms with van der Waals surface area (Å²) in [6.07, 6.45) is -3.37. The van der Waals surface area contributed by atoms with Crippen LogP contribution in [0.25, 0.3) is 5.69 Å². The molecule has 0 radical (unpaired) electrons. The van der Waals surface area contributed by atoms with Gasteiger partial charge in [-0.05, 0) is 12.1 Å². The van der Waals surface area contributed by atoms with E-state index in [0.717, 1.165) is 22.9 Å². The number of alkyl halides is 3. The highest BCUT2D eigenvalue weighted by Gasteiger charge is 2.32. The summed E-state index contributed by atoms with van der Waals surface area (Å²) in [5, 5.41) is 23.1. The number of aromatic nitrogens is 2. The molecule has 2 rings (SSSR count). The lowest BCUT2D eigenvalue weighted by atomic mass is 10.1. The maximum absolute atomic E-state index is 12.5. The predicted molar refractivity (Wildman–Crippen MR) is 62.2 cm³/mol. The Kier molecular flexibility index (Phi) is 3.37. The molecule has 0 aliphatic heterocycles. The molecule has 1 heterocycles. The number of carboxylic acid groups (broad SMARTS) is 1. The van der Waals surface area contributed by atoms with Crippen LogP contribution in [0.1, 0.15) is 15.9 Å². The average molecular weight is 301 g/mol. The molecule has 7 nitrogen and oxygen atoms in total. The number of nitro benzene ring substituents is 1. The second kappa shape index (κ2) is 4.89. The van der Waals surface area contributed by atoms with E-state index < -0.39 is 33.9 Å². The van der Waals surface area contributed by atoms with Crippen molar-refractivity contribution in [2.75, 3.05) is 0 Å². The molecule has 0 saturated carbocycles. The van der Waals surface area contributed by atoms with Crippen LogP contribution in [0, 0.1) is 10.1 Å². The SMILES string of the molecule is O=C(O)c1ccc(-n2cc(C(F)(F)F)cn2)cc1[N+](=O)[O-]. The monoisotopic (exact) mass is 301 g/mol. The van der Waals surface area contributed by atoms with Crippen LogP contribution in [-0.4, -0.2) is 25.8 Å². The Hall–Kier alpha value is -2.91. The highest BCUT2D eigenvalue weighted by Crippen LogP contribution is 2.30. The number of aromatic carboxylic acids is 1. The van der Waals surface area contributed by atoms with Crippen LogP contribution in [0.5, 0.6) is 0 Å². The fraction of sp³-hybridized carbons (Fsp3) is 0.0909. The Labute approximate surface area is 114 Å². The van der Waals surface area contributed by atoms with E-state index in [-0.39, 0.29) is 5.69 Å². The van der Waals surface area contributed by atoms with Gasteiger partial charge in [-0.2, -0.15) is 18.3 Å². The highest BCUT2D eigenvalue weighted by atomic mass is 19.4. The fourth-order valence-corrected chi connectivity index (χ4v) is 1.60. The molecule has 0 fully saturated rings. The molecule has 0 spiro atoms. The third-order valence-electron chi connectivity index (χ3n) is 2.58. The van der Waals surface area contributed by atoms with Crippen LogP contribution in [0.15, 0.2) is 30.6 Å². The second-order valence-electron chi connectivity index (χ2n) is 3.94. The second-order valence-corrected chi connectivity index (χ2v) is 3.94. The van der Waals surface area contributed by atoms with Gasteiger partial charge in [0.25, 0.3) is 5.69 Å². The van der Waals surface area contributed by atoms with E-state index >= 15 is 0 Å². The molecule has 0 unspecified atom stereocenters. The third kappa shape index (κ3) is 2.83. The van der Waals surface area contributed by atoms with E-state index in [1.165, 1.54) is 0 Å². The number of hydrogen-bond donors (Lipinski definition) is 1. The van der Waals surface area contributed by atoms with Gasteiger partial charge in [0.2, 0.25) is 0 Å². The normalized spacial score (nSPS) is 11.4. The number of halogens is 3. The minimum Gasteiger partial charge on any atom is -0.477 e. The van der Waals surface area contributed by atoms with Crippen LogP contribution in [0.2, 0.25) is 0 Å². The Bertz CT molecular complexity index is 724. The minimum absolute atomic E-state index is 0.0535. The summed E-state index contributed by atoms with van der Waals surface area (Å²) in [4.78, 5) is 20.7.